The zero-order valence-corrected chi connectivity index (χ0v) is 14.6. The van der Waals surface area contributed by atoms with Crippen LogP contribution in [0, 0.1) is 0 Å². The van der Waals surface area contributed by atoms with Crippen LogP contribution in [0.5, 0.6) is 0 Å². The molecule has 0 aliphatic rings. The number of carbonyl (C=O) groups excluding carboxylic acids is 1. The topological polar surface area (TPSA) is 74.6 Å². The molecule has 2 N–H and O–H groups in total. The van der Waals surface area contributed by atoms with Crippen molar-refractivity contribution in [3.8, 4) is 0 Å². The molecule has 0 aromatic carbocycles. The van der Waals surface area contributed by atoms with Crippen LogP contribution in [-0.2, 0) is 9.59 Å². The van der Waals surface area contributed by atoms with Gasteiger partial charge in [-0.2, -0.15) is 0 Å². The Balaban J connectivity index is 3.85. The standard InChI is InChI=1S/C20H30O4/c1-2-3-4-5-6-9-13-18(21)14-10-7-8-11-15-19(22)16-12-17-20(23)24/h7-11,13-15,19,22H,2-6,12,16-17H2,1H3,(H,23,24)/b8-7?,13-9?,14-10?,15-11-/t19-/m1/s1. The highest BCUT2D eigenvalue weighted by Gasteiger charge is 2.01. The average molecular weight is 334 g/mol. The minimum Gasteiger partial charge on any atom is -0.481 e. The fourth-order valence-electron chi connectivity index (χ4n) is 1.97. The average Bonchev–Trinajstić information content (AvgIpc) is 2.53. The lowest BCUT2D eigenvalue weighted by molar-refractivity contribution is -0.137. The van der Waals surface area contributed by atoms with Crippen LogP contribution >= 0.6 is 0 Å². The Kier molecular flexibility index (Phi) is 14.6. The van der Waals surface area contributed by atoms with Gasteiger partial charge in [0.2, 0.25) is 0 Å². The van der Waals surface area contributed by atoms with E-state index in [1.165, 1.54) is 25.3 Å². The van der Waals surface area contributed by atoms with Gasteiger partial charge in [-0.15, -0.1) is 0 Å². The van der Waals surface area contributed by atoms with Crippen molar-refractivity contribution in [3.63, 3.8) is 0 Å². The third-order valence-corrected chi connectivity index (χ3v) is 3.32. The lowest BCUT2D eigenvalue weighted by Gasteiger charge is -2.02. The first kappa shape index (κ1) is 22.1. The van der Waals surface area contributed by atoms with Gasteiger partial charge in [0.05, 0.1) is 6.10 Å². The van der Waals surface area contributed by atoms with Crippen LogP contribution in [0.25, 0.3) is 0 Å². The van der Waals surface area contributed by atoms with Gasteiger partial charge in [0.15, 0.2) is 5.78 Å². The van der Waals surface area contributed by atoms with Crippen molar-refractivity contribution >= 4 is 11.8 Å². The van der Waals surface area contributed by atoms with Gasteiger partial charge in [-0.3, -0.25) is 9.59 Å². The van der Waals surface area contributed by atoms with E-state index < -0.39 is 12.1 Å². The number of carboxylic acid groups (broad SMARTS) is 1. The molecule has 1 atom stereocenters. The highest BCUT2D eigenvalue weighted by atomic mass is 16.4. The van der Waals surface area contributed by atoms with Crippen LogP contribution in [-0.4, -0.2) is 28.1 Å². The SMILES string of the molecule is CCCCCCC=CC(=O)C=CC=C/C=C\[C@@H](O)CCCC(=O)O. The molecule has 0 aliphatic carbocycles. The Bertz CT molecular complexity index is 458. The molecule has 0 spiro atoms. The molecular formula is C20H30O4. The zero-order chi connectivity index (χ0) is 18.0. The van der Waals surface area contributed by atoms with Crippen LogP contribution in [0.4, 0.5) is 0 Å². The normalized spacial score (nSPS) is 13.6. The number of hydrogen-bond acceptors (Lipinski definition) is 3. The second-order valence-corrected chi connectivity index (χ2v) is 5.64. The van der Waals surface area contributed by atoms with Gasteiger partial charge in [-0.1, -0.05) is 62.6 Å². The Morgan fingerprint density at radius 3 is 2.42 bits per heavy atom. The molecule has 0 fully saturated rings. The molecule has 0 aromatic heterocycles. The fourth-order valence-corrected chi connectivity index (χ4v) is 1.97. The first-order valence-electron chi connectivity index (χ1n) is 8.68. The van der Waals surface area contributed by atoms with Gasteiger partial charge in [0.1, 0.15) is 0 Å². The molecule has 0 aromatic rings. The third-order valence-electron chi connectivity index (χ3n) is 3.32. The van der Waals surface area contributed by atoms with E-state index in [1.807, 2.05) is 6.08 Å². The molecule has 0 aliphatic heterocycles. The van der Waals surface area contributed by atoms with Gasteiger partial charge in [0, 0.05) is 6.42 Å². The maximum atomic E-state index is 11.5. The lowest BCUT2D eigenvalue weighted by Crippen LogP contribution is -2.03. The van der Waals surface area contributed by atoms with E-state index in [4.69, 9.17) is 5.11 Å². The van der Waals surface area contributed by atoms with E-state index in [0.717, 1.165) is 12.8 Å². The molecule has 0 rings (SSSR count). The molecule has 4 nitrogen and oxygen atoms in total. The maximum Gasteiger partial charge on any atom is 0.303 e. The van der Waals surface area contributed by atoms with Gasteiger partial charge in [-0.25, -0.2) is 0 Å². The van der Waals surface area contributed by atoms with E-state index in [0.29, 0.717) is 12.8 Å². The number of carbonyl (C=O) groups is 2. The first-order chi connectivity index (χ1) is 11.6. The quantitative estimate of drug-likeness (QED) is 0.281. The highest BCUT2D eigenvalue weighted by Crippen LogP contribution is 2.03. The number of allylic oxidation sites excluding steroid dienone is 7. The number of carboxylic acids is 1. The third kappa shape index (κ3) is 16.4. The van der Waals surface area contributed by atoms with Crippen LogP contribution in [0.2, 0.25) is 0 Å². The lowest BCUT2D eigenvalue weighted by atomic mass is 10.1. The molecule has 24 heavy (non-hydrogen) atoms. The molecule has 0 saturated heterocycles. The first-order valence-corrected chi connectivity index (χ1v) is 8.68. The van der Waals surface area contributed by atoms with Crippen molar-refractivity contribution in [2.24, 2.45) is 0 Å². The van der Waals surface area contributed by atoms with Gasteiger partial charge in [-0.05, 0) is 37.8 Å². The van der Waals surface area contributed by atoms with Crippen LogP contribution < -0.4 is 0 Å². The summed E-state index contributed by atoms with van der Waals surface area (Å²) in [6.45, 7) is 2.17. The summed E-state index contributed by atoms with van der Waals surface area (Å²) in [5.74, 6) is -0.885. The minimum absolute atomic E-state index is 0.0344. The van der Waals surface area contributed by atoms with E-state index >= 15 is 0 Å². The fraction of sp³-hybridized carbons (Fsp3) is 0.500. The van der Waals surface area contributed by atoms with Crippen molar-refractivity contribution in [1.82, 2.24) is 0 Å². The molecule has 0 unspecified atom stereocenters. The van der Waals surface area contributed by atoms with Crippen LogP contribution in [0.3, 0.4) is 0 Å². The number of aliphatic carboxylic acids is 1. The van der Waals surface area contributed by atoms with Crippen molar-refractivity contribution in [1.29, 1.82) is 0 Å². The summed E-state index contributed by atoms with van der Waals surface area (Å²) in [4.78, 5) is 21.9. The van der Waals surface area contributed by atoms with E-state index in [2.05, 4.69) is 6.92 Å². The molecule has 0 amide bonds. The second kappa shape index (κ2) is 15.9. The van der Waals surface area contributed by atoms with Crippen LogP contribution in [0.15, 0.2) is 48.6 Å². The molecule has 0 bridgehead atoms. The number of hydrogen-bond donors (Lipinski definition) is 2. The molecule has 4 heteroatoms. The summed E-state index contributed by atoms with van der Waals surface area (Å²) in [6.07, 6.45) is 19.4. The Morgan fingerprint density at radius 2 is 1.71 bits per heavy atom. The van der Waals surface area contributed by atoms with E-state index in [-0.39, 0.29) is 12.2 Å². The zero-order valence-electron chi connectivity index (χ0n) is 14.6. The van der Waals surface area contributed by atoms with Crippen molar-refractivity contribution < 1.29 is 19.8 Å². The van der Waals surface area contributed by atoms with Gasteiger partial charge < -0.3 is 10.2 Å². The predicted octanol–water partition coefficient (Wildman–Crippen LogP) is 4.37. The molecule has 0 heterocycles. The number of ketones is 1. The van der Waals surface area contributed by atoms with E-state index in [9.17, 15) is 14.7 Å². The number of rotatable bonds is 14. The number of aliphatic hydroxyl groups excluding tert-OH is 1. The monoisotopic (exact) mass is 334 g/mol. The molecule has 0 radical (unpaired) electrons. The molecule has 134 valence electrons. The summed E-state index contributed by atoms with van der Waals surface area (Å²) < 4.78 is 0. The summed E-state index contributed by atoms with van der Waals surface area (Å²) in [7, 11) is 0. The van der Waals surface area contributed by atoms with Crippen molar-refractivity contribution in [2.45, 2.75) is 64.4 Å². The highest BCUT2D eigenvalue weighted by molar-refractivity contribution is 5.99. The van der Waals surface area contributed by atoms with E-state index in [1.54, 1.807) is 36.5 Å². The van der Waals surface area contributed by atoms with Crippen molar-refractivity contribution in [3.05, 3.63) is 48.6 Å². The number of unbranched alkanes of at least 4 members (excludes halogenated alkanes) is 4. The second-order valence-electron chi connectivity index (χ2n) is 5.64. The Hall–Kier alpha value is -1.94. The Labute approximate surface area is 145 Å². The largest absolute Gasteiger partial charge is 0.481 e. The molecular weight excluding hydrogens is 304 g/mol. The summed E-state index contributed by atoms with van der Waals surface area (Å²) in [6, 6.07) is 0. The van der Waals surface area contributed by atoms with Gasteiger partial charge >= 0.3 is 5.97 Å². The summed E-state index contributed by atoms with van der Waals surface area (Å²) in [5, 5.41) is 18.1. The Morgan fingerprint density at radius 1 is 0.958 bits per heavy atom. The minimum atomic E-state index is -0.851. The maximum absolute atomic E-state index is 11.5. The number of aliphatic hydroxyl groups is 1. The van der Waals surface area contributed by atoms with Crippen LogP contribution in [0.1, 0.15) is 58.3 Å². The smallest absolute Gasteiger partial charge is 0.303 e. The summed E-state index contributed by atoms with van der Waals surface area (Å²) >= 11 is 0. The van der Waals surface area contributed by atoms with Crippen molar-refractivity contribution in [2.75, 3.05) is 0 Å². The summed E-state index contributed by atoms with van der Waals surface area (Å²) in [5.41, 5.74) is 0. The van der Waals surface area contributed by atoms with Gasteiger partial charge in [0.25, 0.3) is 0 Å². The predicted molar refractivity (Wildman–Crippen MR) is 97.8 cm³/mol. The molecule has 0 saturated carbocycles.